The highest BCUT2D eigenvalue weighted by atomic mass is 32.1. The van der Waals surface area contributed by atoms with Gasteiger partial charge >= 0.3 is 0 Å². The van der Waals surface area contributed by atoms with Gasteiger partial charge in [-0.15, -0.1) is 11.3 Å². The highest BCUT2D eigenvalue weighted by Gasteiger charge is 2.05. The van der Waals surface area contributed by atoms with Crippen LogP contribution in [0.4, 0.5) is 20.9 Å². The molecule has 21 heavy (non-hydrogen) atoms. The van der Waals surface area contributed by atoms with Crippen molar-refractivity contribution in [3.05, 3.63) is 59.7 Å². The molecule has 0 unspecified atom stereocenters. The minimum atomic E-state index is -0.239. The molecular weight excluding hydrogens is 285 g/mol. The number of thiazole rings is 1. The average molecular weight is 299 g/mol. The van der Waals surface area contributed by atoms with Crippen molar-refractivity contribution in [2.45, 2.75) is 0 Å². The van der Waals surface area contributed by atoms with Gasteiger partial charge in [0.1, 0.15) is 5.82 Å². The van der Waals surface area contributed by atoms with E-state index in [1.165, 1.54) is 23.5 Å². The molecule has 5 heteroatoms. The van der Waals surface area contributed by atoms with Crippen LogP contribution >= 0.6 is 11.3 Å². The standard InChI is InChI=1S/C16H14FN3S/c1-18-13-6-8-14(9-7-13)19-16-20-15(10-21-16)11-2-4-12(17)5-3-11/h2-10,18H,1H3,(H,19,20). The number of halogens is 1. The molecule has 0 spiro atoms. The van der Waals surface area contributed by atoms with Gasteiger partial charge < -0.3 is 10.6 Å². The maximum atomic E-state index is 12.9. The van der Waals surface area contributed by atoms with Gasteiger partial charge in [-0.1, -0.05) is 0 Å². The van der Waals surface area contributed by atoms with Crippen molar-refractivity contribution in [1.82, 2.24) is 4.98 Å². The molecule has 0 atom stereocenters. The molecular formula is C16H14FN3S. The van der Waals surface area contributed by atoms with E-state index >= 15 is 0 Å². The first-order chi connectivity index (χ1) is 10.2. The van der Waals surface area contributed by atoms with Crippen LogP contribution in [0.3, 0.4) is 0 Å². The molecule has 0 aliphatic carbocycles. The first kappa shape index (κ1) is 13.6. The minimum Gasteiger partial charge on any atom is -0.388 e. The molecule has 2 N–H and O–H groups in total. The van der Waals surface area contributed by atoms with Crippen molar-refractivity contribution in [1.29, 1.82) is 0 Å². The third-order valence-electron chi connectivity index (χ3n) is 3.07. The second-order valence-corrected chi connectivity index (χ2v) is 5.36. The first-order valence-corrected chi connectivity index (χ1v) is 7.39. The molecule has 0 aliphatic rings. The lowest BCUT2D eigenvalue weighted by Gasteiger charge is -2.04. The molecule has 0 saturated carbocycles. The zero-order valence-electron chi connectivity index (χ0n) is 11.4. The van der Waals surface area contributed by atoms with Gasteiger partial charge in [-0.05, 0) is 48.5 Å². The van der Waals surface area contributed by atoms with Gasteiger partial charge in [0.2, 0.25) is 0 Å². The van der Waals surface area contributed by atoms with Gasteiger partial charge in [-0.25, -0.2) is 9.37 Å². The number of nitrogens with one attached hydrogen (secondary N) is 2. The van der Waals surface area contributed by atoms with Crippen molar-refractivity contribution in [3.8, 4) is 11.3 Å². The summed E-state index contributed by atoms with van der Waals surface area (Å²) < 4.78 is 12.9. The fourth-order valence-corrected chi connectivity index (χ4v) is 2.67. The van der Waals surface area contributed by atoms with Gasteiger partial charge in [0.15, 0.2) is 5.13 Å². The molecule has 0 bridgehead atoms. The molecule has 3 nitrogen and oxygen atoms in total. The number of nitrogens with zero attached hydrogens (tertiary/aromatic N) is 1. The molecule has 0 aliphatic heterocycles. The largest absolute Gasteiger partial charge is 0.388 e. The van der Waals surface area contributed by atoms with E-state index in [9.17, 15) is 4.39 Å². The summed E-state index contributed by atoms with van der Waals surface area (Å²) in [7, 11) is 1.89. The van der Waals surface area contributed by atoms with E-state index in [0.29, 0.717) is 0 Å². The Kier molecular flexibility index (Phi) is 3.83. The molecule has 1 heterocycles. The quantitative estimate of drug-likeness (QED) is 0.731. The number of hydrogen-bond acceptors (Lipinski definition) is 4. The number of hydrogen-bond donors (Lipinski definition) is 2. The average Bonchev–Trinajstić information content (AvgIpc) is 2.97. The Morgan fingerprint density at radius 3 is 2.29 bits per heavy atom. The Bertz CT molecular complexity index is 720. The maximum absolute atomic E-state index is 12.9. The van der Waals surface area contributed by atoms with E-state index in [2.05, 4.69) is 15.6 Å². The maximum Gasteiger partial charge on any atom is 0.187 e. The second-order valence-electron chi connectivity index (χ2n) is 4.50. The van der Waals surface area contributed by atoms with Crippen LogP contribution in [0.1, 0.15) is 0 Å². The van der Waals surface area contributed by atoms with Crippen LogP contribution in [-0.2, 0) is 0 Å². The summed E-state index contributed by atoms with van der Waals surface area (Å²) in [5.41, 5.74) is 3.79. The van der Waals surface area contributed by atoms with Crippen LogP contribution in [0, 0.1) is 5.82 Å². The van der Waals surface area contributed by atoms with E-state index in [4.69, 9.17) is 0 Å². The predicted octanol–water partition coefficient (Wildman–Crippen LogP) is 4.73. The minimum absolute atomic E-state index is 0.239. The van der Waals surface area contributed by atoms with Crippen LogP contribution in [0.5, 0.6) is 0 Å². The summed E-state index contributed by atoms with van der Waals surface area (Å²) in [6, 6.07) is 14.3. The molecule has 0 fully saturated rings. The van der Waals surface area contributed by atoms with E-state index in [1.807, 2.05) is 36.7 Å². The third-order valence-corrected chi connectivity index (χ3v) is 3.83. The van der Waals surface area contributed by atoms with E-state index in [1.54, 1.807) is 12.1 Å². The summed E-state index contributed by atoms with van der Waals surface area (Å²) in [6.45, 7) is 0. The lowest BCUT2D eigenvalue weighted by molar-refractivity contribution is 0.628. The highest BCUT2D eigenvalue weighted by molar-refractivity contribution is 7.14. The summed E-state index contributed by atoms with van der Waals surface area (Å²) in [5, 5.41) is 9.11. The second kappa shape index (κ2) is 5.93. The van der Waals surface area contributed by atoms with Crippen LogP contribution in [0.15, 0.2) is 53.9 Å². The molecule has 0 radical (unpaired) electrons. The fraction of sp³-hybridized carbons (Fsp3) is 0.0625. The molecule has 3 rings (SSSR count). The molecule has 106 valence electrons. The summed E-state index contributed by atoms with van der Waals surface area (Å²) in [4.78, 5) is 4.52. The summed E-state index contributed by atoms with van der Waals surface area (Å²) >= 11 is 1.52. The Morgan fingerprint density at radius 2 is 1.62 bits per heavy atom. The van der Waals surface area contributed by atoms with Crippen LogP contribution in [-0.4, -0.2) is 12.0 Å². The number of anilines is 3. The zero-order chi connectivity index (χ0) is 14.7. The monoisotopic (exact) mass is 299 g/mol. The number of benzene rings is 2. The molecule has 1 aromatic heterocycles. The smallest absolute Gasteiger partial charge is 0.187 e. The zero-order valence-corrected chi connectivity index (χ0v) is 12.2. The van der Waals surface area contributed by atoms with Gasteiger partial charge in [0.05, 0.1) is 5.69 Å². The van der Waals surface area contributed by atoms with Crippen LogP contribution in [0.25, 0.3) is 11.3 Å². The normalized spacial score (nSPS) is 10.4. The Balaban J connectivity index is 1.76. The van der Waals surface area contributed by atoms with E-state index in [0.717, 1.165) is 27.8 Å². The van der Waals surface area contributed by atoms with Crippen molar-refractivity contribution in [2.75, 3.05) is 17.7 Å². The van der Waals surface area contributed by atoms with E-state index in [-0.39, 0.29) is 5.82 Å². The first-order valence-electron chi connectivity index (χ1n) is 6.51. The Hall–Kier alpha value is -2.40. The topological polar surface area (TPSA) is 37.0 Å². The van der Waals surface area contributed by atoms with Crippen molar-refractivity contribution >= 4 is 27.8 Å². The molecule has 0 saturated heterocycles. The highest BCUT2D eigenvalue weighted by Crippen LogP contribution is 2.27. The molecule has 3 aromatic rings. The number of aromatic nitrogens is 1. The molecule has 2 aromatic carbocycles. The van der Waals surface area contributed by atoms with Crippen LogP contribution < -0.4 is 10.6 Å². The summed E-state index contributed by atoms with van der Waals surface area (Å²) in [5.74, 6) is -0.239. The van der Waals surface area contributed by atoms with Crippen molar-refractivity contribution in [2.24, 2.45) is 0 Å². The van der Waals surface area contributed by atoms with Gasteiger partial charge in [-0.3, -0.25) is 0 Å². The van der Waals surface area contributed by atoms with Crippen molar-refractivity contribution < 1.29 is 4.39 Å². The van der Waals surface area contributed by atoms with Gasteiger partial charge in [0, 0.05) is 29.4 Å². The Labute approximate surface area is 126 Å². The lowest BCUT2D eigenvalue weighted by atomic mass is 10.2. The van der Waals surface area contributed by atoms with Crippen molar-refractivity contribution in [3.63, 3.8) is 0 Å². The SMILES string of the molecule is CNc1ccc(Nc2nc(-c3ccc(F)cc3)cs2)cc1. The lowest BCUT2D eigenvalue weighted by Crippen LogP contribution is -1.91. The molecule has 0 amide bonds. The Morgan fingerprint density at radius 1 is 0.952 bits per heavy atom. The number of rotatable bonds is 4. The van der Waals surface area contributed by atoms with Gasteiger partial charge in [0.25, 0.3) is 0 Å². The predicted molar refractivity (Wildman–Crippen MR) is 86.8 cm³/mol. The van der Waals surface area contributed by atoms with Gasteiger partial charge in [-0.2, -0.15) is 0 Å². The summed E-state index contributed by atoms with van der Waals surface area (Å²) in [6.07, 6.45) is 0. The van der Waals surface area contributed by atoms with Crippen LogP contribution in [0.2, 0.25) is 0 Å². The fourth-order valence-electron chi connectivity index (χ4n) is 1.93. The third kappa shape index (κ3) is 3.20. The van der Waals surface area contributed by atoms with E-state index < -0.39 is 0 Å².